The summed E-state index contributed by atoms with van der Waals surface area (Å²) in [6.45, 7) is 1.85. The number of pyridine rings is 1. The summed E-state index contributed by atoms with van der Waals surface area (Å²) in [7, 11) is 0. The Kier molecular flexibility index (Phi) is 3.18. The van der Waals surface area contributed by atoms with E-state index in [0.717, 1.165) is 11.1 Å². The van der Waals surface area contributed by atoms with Crippen molar-refractivity contribution in [3.63, 3.8) is 0 Å². The fourth-order valence-electron chi connectivity index (χ4n) is 0.994. The predicted octanol–water partition coefficient (Wildman–Crippen LogP) is 1.27. The van der Waals surface area contributed by atoms with E-state index in [2.05, 4.69) is 4.98 Å². The predicted molar refractivity (Wildman–Crippen MR) is 49.8 cm³/mol. The van der Waals surface area contributed by atoms with Gasteiger partial charge in [-0.25, -0.2) is 4.98 Å². The molecule has 0 aliphatic heterocycles. The number of aliphatic hydroxyl groups excluding tert-OH is 1. The zero-order valence-electron chi connectivity index (χ0n) is 7.36. The summed E-state index contributed by atoms with van der Waals surface area (Å²) in [6.07, 6.45) is 5.00. The van der Waals surface area contributed by atoms with Crippen molar-refractivity contribution in [3.05, 3.63) is 35.2 Å². The van der Waals surface area contributed by atoms with E-state index in [1.54, 1.807) is 18.3 Å². The zero-order valence-corrected chi connectivity index (χ0v) is 7.36. The van der Waals surface area contributed by atoms with Gasteiger partial charge in [0, 0.05) is 6.20 Å². The minimum Gasteiger partial charge on any atom is -0.392 e. The number of nitriles is 1. The largest absolute Gasteiger partial charge is 0.392 e. The lowest BCUT2D eigenvalue weighted by molar-refractivity contribution is 0.343. The molecule has 0 saturated heterocycles. The molecular weight excluding hydrogens is 164 g/mol. The van der Waals surface area contributed by atoms with E-state index in [4.69, 9.17) is 10.4 Å². The highest BCUT2D eigenvalue weighted by Gasteiger charge is 1.97. The second kappa shape index (κ2) is 4.39. The summed E-state index contributed by atoms with van der Waals surface area (Å²) < 4.78 is 0. The maximum absolute atomic E-state index is 8.61. The zero-order chi connectivity index (χ0) is 9.68. The van der Waals surface area contributed by atoms with Crippen LogP contribution in [-0.2, 0) is 0 Å². The van der Waals surface area contributed by atoms with E-state index in [9.17, 15) is 0 Å². The van der Waals surface area contributed by atoms with Gasteiger partial charge in [0.05, 0.1) is 6.61 Å². The topological polar surface area (TPSA) is 56.9 Å². The van der Waals surface area contributed by atoms with Crippen LogP contribution in [0.5, 0.6) is 0 Å². The average molecular weight is 174 g/mol. The van der Waals surface area contributed by atoms with Crippen molar-refractivity contribution < 1.29 is 5.11 Å². The molecule has 13 heavy (non-hydrogen) atoms. The maximum Gasteiger partial charge on any atom is 0.143 e. The first-order valence-electron chi connectivity index (χ1n) is 3.92. The SMILES string of the molecule is Cc1cc(C=CCO)cnc1C#N. The summed E-state index contributed by atoms with van der Waals surface area (Å²) >= 11 is 0. The van der Waals surface area contributed by atoms with Crippen molar-refractivity contribution in [2.24, 2.45) is 0 Å². The molecule has 0 spiro atoms. The highest BCUT2D eigenvalue weighted by molar-refractivity contribution is 5.50. The van der Waals surface area contributed by atoms with Crippen molar-refractivity contribution in [1.82, 2.24) is 4.98 Å². The fraction of sp³-hybridized carbons (Fsp3) is 0.200. The van der Waals surface area contributed by atoms with Gasteiger partial charge in [0.2, 0.25) is 0 Å². The van der Waals surface area contributed by atoms with Crippen molar-refractivity contribution >= 4 is 6.08 Å². The Morgan fingerprint density at radius 3 is 3.00 bits per heavy atom. The van der Waals surface area contributed by atoms with Crippen LogP contribution in [0.2, 0.25) is 0 Å². The van der Waals surface area contributed by atoms with Gasteiger partial charge in [-0.1, -0.05) is 12.2 Å². The lowest BCUT2D eigenvalue weighted by Crippen LogP contribution is -1.88. The van der Waals surface area contributed by atoms with E-state index < -0.39 is 0 Å². The molecule has 1 aromatic rings. The van der Waals surface area contributed by atoms with Gasteiger partial charge in [-0.2, -0.15) is 5.26 Å². The van der Waals surface area contributed by atoms with Gasteiger partial charge in [0.1, 0.15) is 11.8 Å². The molecule has 0 saturated carbocycles. The van der Waals surface area contributed by atoms with E-state index in [1.807, 2.05) is 19.1 Å². The first-order chi connectivity index (χ1) is 6.27. The summed E-state index contributed by atoms with van der Waals surface area (Å²) in [5.41, 5.74) is 2.19. The highest BCUT2D eigenvalue weighted by Crippen LogP contribution is 2.07. The van der Waals surface area contributed by atoms with E-state index in [-0.39, 0.29) is 6.61 Å². The Labute approximate surface area is 77.0 Å². The molecule has 0 amide bonds. The van der Waals surface area contributed by atoms with Crippen LogP contribution in [0, 0.1) is 18.3 Å². The quantitative estimate of drug-likeness (QED) is 0.734. The molecule has 3 heteroatoms. The van der Waals surface area contributed by atoms with E-state index in [1.165, 1.54) is 0 Å². The minimum atomic E-state index is 0.0129. The third-order valence-electron chi connectivity index (χ3n) is 1.62. The Morgan fingerprint density at radius 2 is 2.46 bits per heavy atom. The molecule has 1 aromatic heterocycles. The minimum absolute atomic E-state index is 0.0129. The summed E-state index contributed by atoms with van der Waals surface area (Å²) in [5.74, 6) is 0. The summed E-state index contributed by atoms with van der Waals surface area (Å²) in [5, 5.41) is 17.2. The van der Waals surface area contributed by atoms with Gasteiger partial charge in [-0.3, -0.25) is 0 Å². The number of aryl methyl sites for hydroxylation is 1. The van der Waals surface area contributed by atoms with Crippen LogP contribution in [-0.4, -0.2) is 16.7 Å². The molecular formula is C10H10N2O. The van der Waals surface area contributed by atoms with Crippen LogP contribution in [0.4, 0.5) is 0 Å². The number of hydrogen-bond donors (Lipinski definition) is 1. The smallest absolute Gasteiger partial charge is 0.143 e. The van der Waals surface area contributed by atoms with Crippen molar-refractivity contribution in [2.75, 3.05) is 6.61 Å². The molecule has 0 atom stereocenters. The molecule has 1 heterocycles. The van der Waals surface area contributed by atoms with Crippen LogP contribution in [0.3, 0.4) is 0 Å². The molecule has 66 valence electrons. The van der Waals surface area contributed by atoms with Gasteiger partial charge in [0.15, 0.2) is 0 Å². The summed E-state index contributed by atoms with van der Waals surface area (Å²) in [6, 6.07) is 3.85. The van der Waals surface area contributed by atoms with Crippen LogP contribution >= 0.6 is 0 Å². The van der Waals surface area contributed by atoms with E-state index in [0.29, 0.717) is 5.69 Å². The summed E-state index contributed by atoms with van der Waals surface area (Å²) in [4.78, 5) is 3.96. The molecule has 3 nitrogen and oxygen atoms in total. The first-order valence-corrected chi connectivity index (χ1v) is 3.92. The average Bonchev–Trinajstić information content (AvgIpc) is 2.15. The van der Waals surface area contributed by atoms with Gasteiger partial charge in [-0.15, -0.1) is 0 Å². The maximum atomic E-state index is 8.61. The lowest BCUT2D eigenvalue weighted by atomic mass is 10.1. The molecule has 0 bridgehead atoms. The molecule has 0 radical (unpaired) electrons. The van der Waals surface area contributed by atoms with Crippen LogP contribution in [0.25, 0.3) is 6.08 Å². The Hall–Kier alpha value is -1.66. The normalized spacial score (nSPS) is 10.2. The highest BCUT2D eigenvalue weighted by atomic mass is 16.2. The molecule has 1 rings (SSSR count). The number of rotatable bonds is 2. The Balaban J connectivity index is 2.97. The van der Waals surface area contributed by atoms with Gasteiger partial charge in [-0.05, 0) is 24.1 Å². The molecule has 0 aromatic carbocycles. The number of aromatic nitrogens is 1. The molecule has 0 aliphatic carbocycles. The third kappa shape index (κ3) is 2.39. The Morgan fingerprint density at radius 1 is 1.69 bits per heavy atom. The van der Waals surface area contributed by atoms with Gasteiger partial charge < -0.3 is 5.11 Å². The number of aliphatic hydroxyl groups is 1. The molecule has 0 fully saturated rings. The number of hydrogen-bond acceptors (Lipinski definition) is 3. The fourth-order valence-corrected chi connectivity index (χ4v) is 0.994. The molecule has 0 unspecified atom stereocenters. The van der Waals surface area contributed by atoms with Gasteiger partial charge in [0.25, 0.3) is 0 Å². The van der Waals surface area contributed by atoms with E-state index >= 15 is 0 Å². The van der Waals surface area contributed by atoms with Crippen LogP contribution < -0.4 is 0 Å². The molecule has 1 N–H and O–H groups in total. The molecule has 0 aliphatic rings. The monoisotopic (exact) mass is 174 g/mol. The Bertz CT molecular complexity index is 364. The lowest BCUT2D eigenvalue weighted by Gasteiger charge is -1.97. The standard InChI is InChI=1S/C10H10N2O/c1-8-5-9(3-2-4-13)7-12-10(8)6-11/h2-3,5,7,13H,4H2,1H3. The van der Waals surface area contributed by atoms with Crippen molar-refractivity contribution in [1.29, 1.82) is 5.26 Å². The van der Waals surface area contributed by atoms with Crippen LogP contribution in [0.15, 0.2) is 18.3 Å². The van der Waals surface area contributed by atoms with Crippen molar-refractivity contribution in [2.45, 2.75) is 6.92 Å². The first kappa shape index (κ1) is 9.43. The third-order valence-corrected chi connectivity index (χ3v) is 1.62. The number of nitrogens with zero attached hydrogens (tertiary/aromatic N) is 2. The van der Waals surface area contributed by atoms with Crippen molar-refractivity contribution in [3.8, 4) is 6.07 Å². The van der Waals surface area contributed by atoms with Crippen LogP contribution in [0.1, 0.15) is 16.8 Å². The van der Waals surface area contributed by atoms with Gasteiger partial charge >= 0.3 is 0 Å². The second-order valence-corrected chi connectivity index (χ2v) is 2.63. The second-order valence-electron chi connectivity index (χ2n) is 2.63.